The number of nitrogens with zero attached hydrogens (tertiary/aromatic N) is 2. The third-order valence-corrected chi connectivity index (χ3v) is 4.48. The monoisotopic (exact) mass is 370 g/mol. The summed E-state index contributed by atoms with van der Waals surface area (Å²) in [5.74, 6) is -0.503. The molecule has 0 aliphatic heterocycles. The van der Waals surface area contributed by atoms with Crippen LogP contribution in [0.15, 0.2) is 96.1 Å². The standard InChI is InChI=1S/C23H18N2O3/c26-21(15-25-16-24-20-14-8-7-13-19(20)23(25)27)28-22(17-9-3-1-4-10-17)18-11-5-2-6-12-18/h1-14,16,22H,15H2. The number of hydrogen-bond acceptors (Lipinski definition) is 4. The highest BCUT2D eigenvalue weighted by molar-refractivity contribution is 5.77. The van der Waals surface area contributed by atoms with Crippen molar-refractivity contribution in [3.8, 4) is 0 Å². The van der Waals surface area contributed by atoms with Crippen LogP contribution in [0.4, 0.5) is 0 Å². The van der Waals surface area contributed by atoms with Gasteiger partial charge < -0.3 is 4.74 Å². The van der Waals surface area contributed by atoms with Crippen molar-refractivity contribution in [2.45, 2.75) is 12.6 Å². The number of para-hydroxylation sites is 1. The van der Waals surface area contributed by atoms with Crippen LogP contribution in [-0.4, -0.2) is 15.5 Å². The highest BCUT2D eigenvalue weighted by Crippen LogP contribution is 2.26. The molecule has 0 radical (unpaired) electrons. The van der Waals surface area contributed by atoms with Gasteiger partial charge in [-0.15, -0.1) is 0 Å². The lowest BCUT2D eigenvalue weighted by molar-refractivity contribution is -0.148. The molecule has 5 heteroatoms. The first-order valence-corrected chi connectivity index (χ1v) is 8.96. The van der Waals surface area contributed by atoms with Crippen molar-refractivity contribution in [1.82, 2.24) is 9.55 Å². The summed E-state index contributed by atoms with van der Waals surface area (Å²) in [5.41, 5.74) is 2.07. The van der Waals surface area contributed by atoms with E-state index in [-0.39, 0.29) is 12.1 Å². The summed E-state index contributed by atoms with van der Waals surface area (Å²) in [7, 11) is 0. The van der Waals surface area contributed by atoms with E-state index in [2.05, 4.69) is 4.98 Å². The van der Waals surface area contributed by atoms with Crippen molar-refractivity contribution in [2.24, 2.45) is 0 Å². The van der Waals surface area contributed by atoms with Gasteiger partial charge in [0.05, 0.1) is 17.2 Å². The molecule has 0 aliphatic rings. The summed E-state index contributed by atoms with van der Waals surface area (Å²) in [6.07, 6.45) is 0.838. The average molecular weight is 370 g/mol. The Morgan fingerprint density at radius 2 is 1.43 bits per heavy atom. The fraction of sp³-hybridized carbons (Fsp3) is 0.0870. The summed E-state index contributed by atoms with van der Waals surface area (Å²) in [4.78, 5) is 29.5. The van der Waals surface area contributed by atoms with Gasteiger partial charge in [-0.3, -0.25) is 14.2 Å². The molecule has 28 heavy (non-hydrogen) atoms. The number of esters is 1. The molecule has 0 saturated heterocycles. The first-order valence-electron chi connectivity index (χ1n) is 8.96. The number of ether oxygens (including phenoxy) is 1. The van der Waals surface area contributed by atoms with Crippen molar-refractivity contribution in [3.05, 3.63) is 113 Å². The van der Waals surface area contributed by atoms with Crippen LogP contribution in [0, 0.1) is 0 Å². The highest BCUT2D eigenvalue weighted by Gasteiger charge is 2.19. The Labute approximate surface area is 161 Å². The highest BCUT2D eigenvalue weighted by atomic mass is 16.5. The smallest absolute Gasteiger partial charge is 0.327 e. The number of benzene rings is 3. The van der Waals surface area contributed by atoms with E-state index in [4.69, 9.17) is 4.74 Å². The zero-order chi connectivity index (χ0) is 19.3. The Balaban J connectivity index is 1.60. The molecule has 0 bridgehead atoms. The Bertz CT molecular complexity index is 1120. The molecule has 0 saturated carbocycles. The van der Waals surface area contributed by atoms with E-state index in [0.29, 0.717) is 10.9 Å². The summed E-state index contributed by atoms with van der Waals surface area (Å²) < 4.78 is 7.04. The van der Waals surface area contributed by atoms with Crippen LogP contribution in [0.1, 0.15) is 17.2 Å². The van der Waals surface area contributed by atoms with Crippen molar-refractivity contribution in [3.63, 3.8) is 0 Å². The summed E-state index contributed by atoms with van der Waals surface area (Å²) in [6, 6.07) is 26.1. The molecule has 4 rings (SSSR count). The lowest BCUT2D eigenvalue weighted by atomic mass is 10.0. The van der Waals surface area contributed by atoms with Gasteiger partial charge in [-0.2, -0.15) is 0 Å². The molecule has 1 aromatic heterocycles. The minimum atomic E-state index is -0.543. The van der Waals surface area contributed by atoms with Gasteiger partial charge >= 0.3 is 5.97 Å². The van der Waals surface area contributed by atoms with Gasteiger partial charge in [0, 0.05) is 0 Å². The first kappa shape index (κ1) is 17.7. The zero-order valence-electron chi connectivity index (χ0n) is 15.1. The van der Waals surface area contributed by atoms with Gasteiger partial charge in [-0.25, -0.2) is 4.98 Å². The van der Waals surface area contributed by atoms with Gasteiger partial charge in [0.1, 0.15) is 6.54 Å². The molecule has 5 nitrogen and oxygen atoms in total. The van der Waals surface area contributed by atoms with E-state index in [0.717, 1.165) is 11.1 Å². The van der Waals surface area contributed by atoms with E-state index in [1.807, 2.05) is 66.7 Å². The van der Waals surface area contributed by atoms with Crippen molar-refractivity contribution in [2.75, 3.05) is 0 Å². The van der Waals surface area contributed by atoms with Gasteiger partial charge in [-0.05, 0) is 23.3 Å². The van der Waals surface area contributed by atoms with E-state index < -0.39 is 12.1 Å². The first-order chi connectivity index (χ1) is 13.7. The number of carbonyl (C=O) groups is 1. The molecule has 0 spiro atoms. The Hall–Kier alpha value is -3.73. The van der Waals surface area contributed by atoms with Crippen molar-refractivity contribution in [1.29, 1.82) is 0 Å². The number of carbonyl (C=O) groups excluding carboxylic acids is 1. The number of aromatic nitrogens is 2. The second kappa shape index (κ2) is 7.88. The summed E-state index contributed by atoms with van der Waals surface area (Å²) in [6.45, 7) is -0.202. The molecule has 0 fully saturated rings. The quantitative estimate of drug-likeness (QED) is 0.502. The van der Waals surface area contributed by atoms with Crippen LogP contribution in [0.2, 0.25) is 0 Å². The van der Waals surface area contributed by atoms with Crippen molar-refractivity contribution < 1.29 is 9.53 Å². The molecule has 4 aromatic rings. The van der Waals surface area contributed by atoms with E-state index in [1.165, 1.54) is 10.9 Å². The topological polar surface area (TPSA) is 61.2 Å². The predicted molar refractivity (Wildman–Crippen MR) is 107 cm³/mol. The van der Waals surface area contributed by atoms with Crippen LogP contribution in [0.3, 0.4) is 0 Å². The Kier molecular flexibility index (Phi) is 4.97. The van der Waals surface area contributed by atoms with Crippen molar-refractivity contribution >= 4 is 16.9 Å². The SMILES string of the molecule is O=C(Cn1cnc2ccccc2c1=O)OC(c1ccccc1)c1ccccc1. The second-order valence-electron chi connectivity index (χ2n) is 6.39. The van der Waals surface area contributed by atoms with Crippen LogP contribution in [0.5, 0.6) is 0 Å². The third kappa shape index (κ3) is 3.69. The minimum Gasteiger partial charge on any atom is -0.451 e. The second-order valence-corrected chi connectivity index (χ2v) is 6.39. The van der Waals surface area contributed by atoms with Gasteiger partial charge in [-0.1, -0.05) is 72.8 Å². The molecule has 0 aliphatic carbocycles. The summed E-state index contributed by atoms with van der Waals surface area (Å²) >= 11 is 0. The molecule has 1 heterocycles. The third-order valence-electron chi connectivity index (χ3n) is 4.48. The Morgan fingerprint density at radius 1 is 0.857 bits per heavy atom. The van der Waals surface area contributed by atoms with Crippen LogP contribution in [0.25, 0.3) is 10.9 Å². The molecular formula is C23H18N2O3. The van der Waals surface area contributed by atoms with E-state index >= 15 is 0 Å². The zero-order valence-corrected chi connectivity index (χ0v) is 15.1. The molecule has 0 unspecified atom stereocenters. The predicted octanol–water partition coefficient (Wildman–Crippen LogP) is 3.73. The van der Waals surface area contributed by atoms with Crippen LogP contribution >= 0.6 is 0 Å². The lowest BCUT2D eigenvalue weighted by Crippen LogP contribution is -2.26. The number of fused-ring (bicyclic) bond motifs is 1. The van der Waals surface area contributed by atoms with Gasteiger partial charge in [0.15, 0.2) is 6.10 Å². The fourth-order valence-electron chi connectivity index (χ4n) is 3.11. The maximum absolute atomic E-state index is 12.6. The lowest BCUT2D eigenvalue weighted by Gasteiger charge is -2.19. The Morgan fingerprint density at radius 3 is 2.07 bits per heavy atom. The van der Waals surface area contributed by atoms with Gasteiger partial charge in [0.2, 0.25) is 0 Å². The molecule has 3 aromatic carbocycles. The van der Waals surface area contributed by atoms with Gasteiger partial charge in [0.25, 0.3) is 5.56 Å². The number of hydrogen-bond donors (Lipinski definition) is 0. The van der Waals surface area contributed by atoms with E-state index in [9.17, 15) is 9.59 Å². The molecule has 0 atom stereocenters. The fourth-order valence-corrected chi connectivity index (χ4v) is 3.11. The maximum atomic E-state index is 12.6. The normalized spacial score (nSPS) is 10.9. The molecular weight excluding hydrogens is 352 g/mol. The number of rotatable bonds is 5. The largest absolute Gasteiger partial charge is 0.451 e. The molecule has 0 amide bonds. The van der Waals surface area contributed by atoms with Crippen LogP contribution < -0.4 is 5.56 Å². The summed E-state index contributed by atoms with van der Waals surface area (Å²) in [5, 5.41) is 0.473. The molecule has 0 N–H and O–H groups in total. The van der Waals surface area contributed by atoms with E-state index in [1.54, 1.807) is 18.2 Å². The maximum Gasteiger partial charge on any atom is 0.327 e. The average Bonchev–Trinajstić information content (AvgIpc) is 2.75. The van der Waals surface area contributed by atoms with Crippen LogP contribution in [-0.2, 0) is 16.1 Å². The minimum absolute atomic E-state index is 0.202. The molecule has 138 valence electrons.